The molecule has 0 aliphatic carbocycles. The molecule has 1 aromatic carbocycles. The van der Waals surface area contributed by atoms with Gasteiger partial charge < -0.3 is 5.32 Å². The molecule has 0 saturated heterocycles. The highest BCUT2D eigenvalue weighted by Gasteiger charge is 2.15. The number of nitrogens with zero attached hydrogens (tertiary/aromatic N) is 4. The number of hydrogen-bond acceptors (Lipinski definition) is 5. The van der Waals surface area contributed by atoms with E-state index in [2.05, 4.69) is 15.3 Å². The van der Waals surface area contributed by atoms with Crippen LogP contribution in [0.5, 0.6) is 0 Å². The van der Waals surface area contributed by atoms with Crippen LogP contribution in [0.15, 0.2) is 76.6 Å². The van der Waals surface area contributed by atoms with Gasteiger partial charge in [-0.05, 0) is 29.3 Å². The van der Waals surface area contributed by atoms with Gasteiger partial charge in [-0.2, -0.15) is 0 Å². The van der Waals surface area contributed by atoms with Crippen LogP contribution in [0.3, 0.4) is 0 Å². The Morgan fingerprint density at radius 2 is 1.73 bits per heavy atom. The zero-order valence-electron chi connectivity index (χ0n) is 16.8. The van der Waals surface area contributed by atoms with Crippen LogP contribution >= 0.6 is 0 Å². The van der Waals surface area contributed by atoms with Crippen molar-refractivity contribution < 1.29 is 0 Å². The monoisotopic (exact) mass is 401 g/mol. The minimum Gasteiger partial charge on any atom is -0.312 e. The lowest BCUT2D eigenvalue weighted by Gasteiger charge is -2.13. The first-order chi connectivity index (χ1) is 14.6. The van der Waals surface area contributed by atoms with Crippen LogP contribution in [-0.2, 0) is 26.6 Å². The lowest BCUT2D eigenvalue weighted by atomic mass is 10.1. The number of rotatable bonds is 7. The van der Waals surface area contributed by atoms with E-state index in [0.29, 0.717) is 17.6 Å². The van der Waals surface area contributed by atoms with E-state index < -0.39 is 0 Å². The fourth-order valence-electron chi connectivity index (χ4n) is 3.51. The van der Waals surface area contributed by atoms with Crippen LogP contribution < -0.4 is 16.6 Å². The van der Waals surface area contributed by atoms with Crippen LogP contribution in [0.2, 0.25) is 0 Å². The molecule has 0 fully saturated rings. The first kappa shape index (κ1) is 19.7. The van der Waals surface area contributed by atoms with Crippen LogP contribution in [-0.4, -0.2) is 25.6 Å². The number of nitrogens with one attached hydrogen (secondary N) is 1. The topological polar surface area (TPSA) is 81.8 Å². The molecule has 0 atom stereocenters. The minimum atomic E-state index is -0.371. The average molecular weight is 401 g/mol. The highest BCUT2D eigenvalue weighted by molar-refractivity contribution is 5.77. The van der Waals surface area contributed by atoms with E-state index in [1.165, 1.54) is 9.13 Å². The molecule has 0 aliphatic rings. The van der Waals surface area contributed by atoms with E-state index in [9.17, 15) is 9.59 Å². The van der Waals surface area contributed by atoms with Gasteiger partial charge in [0.15, 0.2) is 0 Å². The molecule has 4 rings (SSSR count). The second kappa shape index (κ2) is 8.84. The molecule has 1 N–H and O–H groups in total. The Morgan fingerprint density at radius 1 is 0.933 bits per heavy atom. The summed E-state index contributed by atoms with van der Waals surface area (Å²) < 4.78 is 2.72. The molecule has 30 heavy (non-hydrogen) atoms. The third kappa shape index (κ3) is 4.06. The SMILES string of the molecule is Cn1c(=O)n(Cc2ccccc2)c(=O)c2c(CNCCc3ccccn3)ccnc21. The maximum atomic E-state index is 13.3. The number of pyridine rings is 2. The molecular weight excluding hydrogens is 378 g/mol. The summed E-state index contributed by atoms with van der Waals surface area (Å²) in [6, 6.07) is 17.2. The van der Waals surface area contributed by atoms with Crippen LogP contribution in [0.1, 0.15) is 16.8 Å². The molecule has 0 unspecified atom stereocenters. The largest absolute Gasteiger partial charge is 0.332 e. The minimum absolute atomic E-state index is 0.226. The summed E-state index contributed by atoms with van der Waals surface area (Å²) in [5, 5.41) is 3.84. The summed E-state index contributed by atoms with van der Waals surface area (Å²) in [7, 11) is 1.65. The molecule has 0 amide bonds. The van der Waals surface area contributed by atoms with E-state index in [4.69, 9.17) is 0 Å². The number of fused-ring (bicyclic) bond motifs is 1. The van der Waals surface area contributed by atoms with Crippen molar-refractivity contribution in [1.29, 1.82) is 0 Å². The molecule has 4 aromatic rings. The zero-order valence-corrected chi connectivity index (χ0v) is 16.8. The van der Waals surface area contributed by atoms with Gasteiger partial charge in [-0.3, -0.25) is 18.9 Å². The molecule has 0 aliphatic heterocycles. The summed E-state index contributed by atoms with van der Waals surface area (Å²) in [6.07, 6.45) is 4.21. The lowest BCUT2D eigenvalue weighted by molar-refractivity contribution is 0.651. The number of aryl methyl sites for hydroxylation is 1. The first-order valence-electron chi connectivity index (χ1n) is 9.87. The Labute approximate surface area is 173 Å². The Morgan fingerprint density at radius 3 is 2.50 bits per heavy atom. The summed E-state index contributed by atoms with van der Waals surface area (Å²) in [5.74, 6) is 0. The van der Waals surface area contributed by atoms with Crippen LogP contribution in [0, 0.1) is 0 Å². The fourth-order valence-corrected chi connectivity index (χ4v) is 3.51. The van der Waals surface area contributed by atoms with Crippen molar-refractivity contribution in [1.82, 2.24) is 24.4 Å². The van der Waals surface area contributed by atoms with Crippen molar-refractivity contribution in [3.63, 3.8) is 0 Å². The van der Waals surface area contributed by atoms with Crippen molar-refractivity contribution in [2.45, 2.75) is 19.5 Å². The Bertz CT molecular complexity index is 1260. The van der Waals surface area contributed by atoms with Crippen molar-refractivity contribution in [2.24, 2.45) is 7.05 Å². The van der Waals surface area contributed by atoms with Crippen molar-refractivity contribution in [3.8, 4) is 0 Å². The summed E-state index contributed by atoms with van der Waals surface area (Å²) >= 11 is 0. The predicted molar refractivity (Wildman–Crippen MR) is 116 cm³/mol. The molecule has 0 bridgehead atoms. The van der Waals surface area contributed by atoms with Gasteiger partial charge in [0.2, 0.25) is 0 Å². The summed E-state index contributed by atoms with van der Waals surface area (Å²) in [5.41, 5.74) is 2.45. The average Bonchev–Trinajstić information content (AvgIpc) is 2.79. The molecule has 152 valence electrons. The quantitative estimate of drug-likeness (QED) is 0.478. The normalized spacial score (nSPS) is 11.1. The summed E-state index contributed by atoms with van der Waals surface area (Å²) in [6.45, 7) is 1.46. The van der Waals surface area contributed by atoms with Gasteiger partial charge in [-0.1, -0.05) is 36.4 Å². The maximum absolute atomic E-state index is 13.3. The number of hydrogen-bond donors (Lipinski definition) is 1. The van der Waals surface area contributed by atoms with Gasteiger partial charge in [0, 0.05) is 44.6 Å². The maximum Gasteiger partial charge on any atom is 0.332 e. The Hall–Kier alpha value is -3.58. The number of aromatic nitrogens is 4. The molecular formula is C23H23N5O2. The van der Waals surface area contributed by atoms with E-state index in [1.54, 1.807) is 19.4 Å². The third-order valence-electron chi connectivity index (χ3n) is 5.09. The summed E-state index contributed by atoms with van der Waals surface area (Å²) in [4.78, 5) is 34.7. The van der Waals surface area contributed by atoms with Gasteiger partial charge in [-0.25, -0.2) is 9.78 Å². The van der Waals surface area contributed by atoms with Crippen molar-refractivity contribution in [3.05, 3.63) is 105 Å². The second-order valence-electron chi connectivity index (χ2n) is 7.14. The highest BCUT2D eigenvalue weighted by atomic mass is 16.2. The molecule has 0 radical (unpaired) electrons. The van der Waals surface area contributed by atoms with Crippen LogP contribution in [0.4, 0.5) is 0 Å². The third-order valence-corrected chi connectivity index (χ3v) is 5.09. The molecule has 3 aromatic heterocycles. The first-order valence-corrected chi connectivity index (χ1v) is 9.87. The smallest absolute Gasteiger partial charge is 0.312 e. The molecule has 0 saturated carbocycles. The van der Waals surface area contributed by atoms with Gasteiger partial charge in [0.25, 0.3) is 5.56 Å². The molecule has 3 heterocycles. The van der Waals surface area contributed by atoms with Crippen molar-refractivity contribution in [2.75, 3.05) is 6.54 Å². The Kier molecular flexibility index (Phi) is 5.81. The van der Waals surface area contributed by atoms with Gasteiger partial charge in [-0.15, -0.1) is 0 Å². The molecule has 7 nitrogen and oxygen atoms in total. The second-order valence-corrected chi connectivity index (χ2v) is 7.14. The lowest BCUT2D eigenvalue weighted by Crippen LogP contribution is -2.40. The molecule has 0 spiro atoms. The standard InChI is InChI=1S/C23H23N5O2/c1-27-21-20(22(29)28(23(27)30)16-17-7-3-2-4-8-17)18(10-14-26-21)15-24-13-11-19-9-5-6-12-25-19/h2-10,12,14,24H,11,13,15-16H2,1H3. The van der Waals surface area contributed by atoms with E-state index >= 15 is 0 Å². The van der Waals surface area contributed by atoms with E-state index in [0.717, 1.165) is 29.8 Å². The Balaban J connectivity index is 1.64. The van der Waals surface area contributed by atoms with Crippen LogP contribution in [0.25, 0.3) is 11.0 Å². The van der Waals surface area contributed by atoms with Gasteiger partial charge in [0.1, 0.15) is 5.65 Å². The zero-order chi connectivity index (χ0) is 20.9. The molecule has 7 heteroatoms. The predicted octanol–water partition coefficient (Wildman–Crippen LogP) is 1.87. The van der Waals surface area contributed by atoms with E-state index in [1.807, 2.05) is 54.6 Å². The number of benzene rings is 1. The fraction of sp³-hybridized carbons (Fsp3) is 0.217. The van der Waals surface area contributed by atoms with Gasteiger partial charge >= 0.3 is 5.69 Å². The highest BCUT2D eigenvalue weighted by Crippen LogP contribution is 2.11. The van der Waals surface area contributed by atoms with Gasteiger partial charge in [0.05, 0.1) is 11.9 Å². The van der Waals surface area contributed by atoms with E-state index in [-0.39, 0.29) is 17.8 Å². The van der Waals surface area contributed by atoms with Crippen molar-refractivity contribution >= 4 is 11.0 Å².